The quantitative estimate of drug-likeness (QED) is 0.914. The highest BCUT2D eigenvalue weighted by molar-refractivity contribution is 7.92. The Bertz CT molecular complexity index is 797. The van der Waals surface area contributed by atoms with Gasteiger partial charge in [-0.1, -0.05) is 11.6 Å². The summed E-state index contributed by atoms with van der Waals surface area (Å²) in [6, 6.07) is 6.09. The van der Waals surface area contributed by atoms with Crippen molar-refractivity contribution in [2.24, 2.45) is 7.05 Å². The Morgan fingerprint density at radius 3 is 2.32 bits per heavy atom. The average molecular weight is 343 g/mol. The molecule has 0 atom stereocenters. The van der Waals surface area contributed by atoms with Gasteiger partial charge in [-0.25, -0.2) is 4.98 Å². The monoisotopic (exact) mass is 342 g/mol. The standard InChI is InChI=1S/C13H15ClN4O3S/c1-17(2)13(19)9-4-6-10(7-5-9)16-22(20,21)12-11(14)18(3)8-15-12/h4-8,16H,1-3H3. The first-order valence-corrected chi connectivity index (χ1v) is 8.10. The smallest absolute Gasteiger partial charge is 0.282 e. The lowest BCUT2D eigenvalue weighted by Gasteiger charge is -2.11. The van der Waals surface area contributed by atoms with Crippen molar-refractivity contribution >= 4 is 33.2 Å². The first-order valence-electron chi connectivity index (χ1n) is 6.23. The maximum absolute atomic E-state index is 12.2. The molecule has 0 aliphatic rings. The molecule has 9 heteroatoms. The van der Waals surface area contributed by atoms with Crippen molar-refractivity contribution in [3.05, 3.63) is 41.3 Å². The maximum atomic E-state index is 12.2. The third-order valence-electron chi connectivity index (χ3n) is 2.88. The Kier molecular flexibility index (Phi) is 4.43. The summed E-state index contributed by atoms with van der Waals surface area (Å²) in [5, 5.41) is -0.225. The van der Waals surface area contributed by atoms with Crippen molar-refractivity contribution in [3.63, 3.8) is 0 Å². The minimum atomic E-state index is -3.88. The number of anilines is 1. The molecule has 0 unspecified atom stereocenters. The fraction of sp³-hybridized carbons (Fsp3) is 0.231. The fourth-order valence-electron chi connectivity index (χ4n) is 1.72. The highest BCUT2D eigenvalue weighted by Crippen LogP contribution is 2.22. The number of nitrogens with zero attached hydrogens (tertiary/aromatic N) is 3. The molecule has 0 bridgehead atoms. The molecule has 1 heterocycles. The molecule has 118 valence electrons. The van der Waals surface area contributed by atoms with Gasteiger partial charge in [0, 0.05) is 32.4 Å². The van der Waals surface area contributed by atoms with Crippen LogP contribution in [0.2, 0.25) is 5.15 Å². The lowest BCUT2D eigenvalue weighted by molar-refractivity contribution is 0.0827. The van der Waals surface area contributed by atoms with E-state index < -0.39 is 10.0 Å². The molecular weight excluding hydrogens is 328 g/mol. The van der Waals surface area contributed by atoms with Crippen LogP contribution in [-0.4, -0.2) is 42.9 Å². The highest BCUT2D eigenvalue weighted by Gasteiger charge is 2.22. The Morgan fingerprint density at radius 1 is 1.27 bits per heavy atom. The van der Waals surface area contributed by atoms with Crippen molar-refractivity contribution in [1.82, 2.24) is 14.5 Å². The van der Waals surface area contributed by atoms with Crippen LogP contribution in [0.5, 0.6) is 0 Å². The van der Waals surface area contributed by atoms with Crippen LogP contribution in [0.15, 0.2) is 35.6 Å². The third-order valence-corrected chi connectivity index (χ3v) is 4.75. The second-order valence-corrected chi connectivity index (χ2v) is 6.79. The van der Waals surface area contributed by atoms with Gasteiger partial charge in [0.05, 0.1) is 6.33 Å². The second kappa shape index (κ2) is 5.98. The molecule has 0 fully saturated rings. The number of amides is 1. The SMILES string of the molecule is CN(C)C(=O)c1ccc(NS(=O)(=O)c2ncn(C)c2Cl)cc1. The number of hydrogen-bond donors (Lipinski definition) is 1. The predicted molar refractivity (Wildman–Crippen MR) is 83.5 cm³/mol. The Morgan fingerprint density at radius 2 is 1.86 bits per heavy atom. The largest absolute Gasteiger partial charge is 0.345 e. The van der Waals surface area contributed by atoms with Crippen LogP contribution in [0.1, 0.15) is 10.4 Å². The Hall–Kier alpha value is -2.06. The zero-order valence-corrected chi connectivity index (χ0v) is 13.8. The molecule has 1 amide bonds. The number of nitrogens with one attached hydrogen (secondary N) is 1. The Labute approximate surface area is 133 Å². The molecule has 0 spiro atoms. The summed E-state index contributed by atoms with van der Waals surface area (Å²) in [5.41, 5.74) is 0.779. The number of hydrogen-bond acceptors (Lipinski definition) is 4. The normalized spacial score (nSPS) is 11.3. The van der Waals surface area contributed by atoms with Crippen LogP contribution < -0.4 is 4.72 Å². The molecule has 1 N–H and O–H groups in total. The number of benzene rings is 1. The third kappa shape index (κ3) is 3.23. The number of carbonyl (C=O) groups is 1. The number of rotatable bonds is 4. The average Bonchev–Trinajstić information content (AvgIpc) is 2.79. The van der Waals surface area contributed by atoms with Crippen molar-refractivity contribution in [1.29, 1.82) is 0 Å². The van der Waals surface area contributed by atoms with Crippen LogP contribution in [0.3, 0.4) is 0 Å². The molecule has 1 aromatic carbocycles. The van der Waals surface area contributed by atoms with Crippen LogP contribution >= 0.6 is 11.6 Å². The summed E-state index contributed by atoms with van der Waals surface area (Å²) in [5.74, 6) is -0.165. The van der Waals surface area contributed by atoms with E-state index in [1.807, 2.05) is 0 Å². The molecule has 2 rings (SSSR count). The van der Waals surface area contributed by atoms with E-state index in [4.69, 9.17) is 11.6 Å². The number of aryl methyl sites for hydroxylation is 1. The maximum Gasteiger partial charge on any atom is 0.282 e. The summed E-state index contributed by atoms with van der Waals surface area (Å²) in [6.45, 7) is 0. The number of carbonyl (C=O) groups excluding carboxylic acids is 1. The van der Waals surface area contributed by atoms with Crippen molar-refractivity contribution in [3.8, 4) is 0 Å². The molecule has 22 heavy (non-hydrogen) atoms. The van der Waals surface area contributed by atoms with Gasteiger partial charge >= 0.3 is 0 Å². The lowest BCUT2D eigenvalue weighted by Crippen LogP contribution is -2.21. The molecule has 0 aliphatic carbocycles. The summed E-state index contributed by atoms with van der Waals surface area (Å²) in [4.78, 5) is 17.0. The molecule has 7 nitrogen and oxygen atoms in total. The molecule has 2 aromatic rings. The van der Waals surface area contributed by atoms with E-state index in [9.17, 15) is 13.2 Å². The van der Waals surface area contributed by atoms with E-state index >= 15 is 0 Å². The van der Waals surface area contributed by atoms with E-state index in [-0.39, 0.29) is 16.1 Å². The van der Waals surface area contributed by atoms with E-state index in [0.717, 1.165) is 0 Å². The lowest BCUT2D eigenvalue weighted by atomic mass is 10.2. The number of sulfonamides is 1. The minimum Gasteiger partial charge on any atom is -0.345 e. The zero-order valence-electron chi connectivity index (χ0n) is 12.2. The van der Waals surface area contributed by atoms with Gasteiger partial charge in [-0.05, 0) is 24.3 Å². The van der Waals surface area contributed by atoms with Crippen molar-refractivity contribution < 1.29 is 13.2 Å². The molecule has 0 radical (unpaired) electrons. The summed E-state index contributed by atoms with van der Waals surface area (Å²) in [6.07, 6.45) is 1.32. The first kappa shape index (κ1) is 16.3. The topological polar surface area (TPSA) is 84.3 Å². The second-order valence-electron chi connectivity index (χ2n) is 4.83. The van der Waals surface area contributed by atoms with Crippen LogP contribution in [0.4, 0.5) is 5.69 Å². The molecule has 0 saturated carbocycles. The molecular formula is C13H15ClN4O3S. The molecule has 0 aliphatic heterocycles. The highest BCUT2D eigenvalue weighted by atomic mass is 35.5. The van der Waals surface area contributed by atoms with Gasteiger partial charge < -0.3 is 9.47 Å². The number of aromatic nitrogens is 2. The van der Waals surface area contributed by atoms with E-state index in [1.165, 1.54) is 27.9 Å². The summed E-state index contributed by atoms with van der Waals surface area (Å²) < 4.78 is 28.2. The van der Waals surface area contributed by atoms with Gasteiger partial charge in [0.15, 0.2) is 0 Å². The van der Waals surface area contributed by atoms with Crippen LogP contribution in [0, 0.1) is 0 Å². The van der Waals surface area contributed by atoms with Gasteiger partial charge in [-0.3, -0.25) is 9.52 Å². The van der Waals surface area contributed by atoms with Gasteiger partial charge in [0.2, 0.25) is 5.03 Å². The minimum absolute atomic E-state index is 0.0203. The number of halogens is 1. The molecule has 0 saturated heterocycles. The summed E-state index contributed by atoms with van der Waals surface area (Å²) >= 11 is 5.89. The Balaban J connectivity index is 2.24. The summed E-state index contributed by atoms with van der Waals surface area (Å²) in [7, 11) is 0.993. The molecule has 1 aromatic heterocycles. The van der Waals surface area contributed by atoms with E-state index in [1.54, 1.807) is 33.3 Å². The zero-order chi connectivity index (χ0) is 16.5. The van der Waals surface area contributed by atoms with Crippen LogP contribution in [-0.2, 0) is 17.1 Å². The first-order chi connectivity index (χ1) is 10.2. The van der Waals surface area contributed by atoms with Crippen LogP contribution in [0.25, 0.3) is 0 Å². The van der Waals surface area contributed by atoms with Crippen molar-refractivity contribution in [2.75, 3.05) is 18.8 Å². The van der Waals surface area contributed by atoms with Gasteiger partial charge in [-0.2, -0.15) is 8.42 Å². The predicted octanol–water partition coefficient (Wildman–Crippen LogP) is 1.58. The number of imidazole rings is 1. The van der Waals surface area contributed by atoms with Gasteiger partial charge in [-0.15, -0.1) is 0 Å². The fourth-order valence-corrected chi connectivity index (χ4v) is 3.21. The van der Waals surface area contributed by atoms with Crippen molar-refractivity contribution in [2.45, 2.75) is 5.03 Å². The van der Waals surface area contributed by atoms with Gasteiger partial charge in [0.1, 0.15) is 5.15 Å². The van der Waals surface area contributed by atoms with Gasteiger partial charge in [0.25, 0.3) is 15.9 Å². The van der Waals surface area contributed by atoms with E-state index in [0.29, 0.717) is 11.3 Å². The van der Waals surface area contributed by atoms with E-state index in [2.05, 4.69) is 9.71 Å².